The van der Waals surface area contributed by atoms with Gasteiger partial charge in [-0.2, -0.15) is 0 Å². The lowest BCUT2D eigenvalue weighted by molar-refractivity contribution is -0.140. The number of nitrogens with one attached hydrogen (secondary N) is 2. The number of aliphatic hydroxyl groups is 1. The first-order valence-corrected chi connectivity index (χ1v) is 11.0. The summed E-state index contributed by atoms with van der Waals surface area (Å²) < 4.78 is -0.492. The molecule has 3 aliphatic rings. The summed E-state index contributed by atoms with van der Waals surface area (Å²) >= 11 is 1.69. The lowest BCUT2D eigenvalue weighted by atomic mass is 9.71. The lowest BCUT2D eigenvalue weighted by Crippen LogP contribution is -2.53. The number of rotatable bonds is 9. The molecule has 1 spiro atoms. The summed E-state index contributed by atoms with van der Waals surface area (Å²) in [7, 11) is 1.61. The molecule has 0 aromatic carbocycles. The molecular formula is C19H31N3O4S. The number of amides is 3. The summed E-state index contributed by atoms with van der Waals surface area (Å²) in [5, 5.41) is 14.9. The van der Waals surface area contributed by atoms with Gasteiger partial charge in [-0.3, -0.25) is 14.4 Å². The highest BCUT2D eigenvalue weighted by atomic mass is 32.2. The number of fused-ring (bicyclic) bond motifs is 1. The van der Waals surface area contributed by atoms with Crippen molar-refractivity contribution in [3.05, 3.63) is 0 Å². The Kier molecular flexibility index (Phi) is 6.35. The van der Waals surface area contributed by atoms with Crippen LogP contribution in [0.25, 0.3) is 0 Å². The van der Waals surface area contributed by atoms with E-state index < -0.39 is 16.7 Å². The number of carbonyl (C=O) groups excluding carboxylic acids is 3. The monoisotopic (exact) mass is 397 g/mol. The second kappa shape index (κ2) is 8.39. The molecule has 3 N–H and O–H groups in total. The summed E-state index contributed by atoms with van der Waals surface area (Å²) in [6, 6.07) is -0.518. The number of hydrogen-bond acceptors (Lipinski definition) is 5. The zero-order valence-electron chi connectivity index (χ0n) is 16.2. The van der Waals surface area contributed by atoms with E-state index in [9.17, 15) is 14.4 Å². The van der Waals surface area contributed by atoms with Gasteiger partial charge in [0.2, 0.25) is 17.7 Å². The molecule has 3 fully saturated rings. The van der Waals surface area contributed by atoms with Crippen molar-refractivity contribution in [2.24, 2.45) is 11.8 Å². The van der Waals surface area contributed by atoms with E-state index >= 15 is 0 Å². The third kappa shape index (κ3) is 3.35. The Labute approximate surface area is 165 Å². The normalized spacial score (nSPS) is 34.0. The molecule has 27 heavy (non-hydrogen) atoms. The highest BCUT2D eigenvalue weighted by molar-refractivity contribution is 8.02. The highest BCUT2D eigenvalue weighted by Crippen LogP contribution is 2.66. The quantitative estimate of drug-likeness (QED) is 0.493. The van der Waals surface area contributed by atoms with Crippen LogP contribution in [-0.4, -0.2) is 70.5 Å². The summed E-state index contributed by atoms with van der Waals surface area (Å²) in [5.41, 5.74) is 0. The van der Waals surface area contributed by atoms with Gasteiger partial charge in [-0.25, -0.2) is 0 Å². The van der Waals surface area contributed by atoms with Crippen LogP contribution >= 0.6 is 11.8 Å². The maximum absolute atomic E-state index is 13.3. The molecule has 7 nitrogen and oxygen atoms in total. The number of aliphatic hydroxyl groups excluding tert-OH is 1. The van der Waals surface area contributed by atoms with Gasteiger partial charge < -0.3 is 20.6 Å². The van der Waals surface area contributed by atoms with Crippen LogP contribution in [0.2, 0.25) is 0 Å². The van der Waals surface area contributed by atoms with E-state index in [-0.39, 0.29) is 35.5 Å². The molecule has 8 heteroatoms. The summed E-state index contributed by atoms with van der Waals surface area (Å²) in [5.74, 6) is -1.01. The SMILES string of the molecule is CCCCNC(=O)C1N(CCCCO)C(=O)[C@@H]2[C@@H](C(=O)NC)[C@H]3CCC12S3. The minimum atomic E-state index is -0.518. The van der Waals surface area contributed by atoms with Gasteiger partial charge in [0.15, 0.2) is 0 Å². The molecule has 152 valence electrons. The Balaban J connectivity index is 1.88. The molecule has 3 saturated heterocycles. The predicted octanol–water partition coefficient (Wildman–Crippen LogP) is 0.512. The average Bonchev–Trinajstić information content (AvgIpc) is 3.29. The summed E-state index contributed by atoms with van der Waals surface area (Å²) in [6.07, 6.45) is 4.82. The lowest BCUT2D eigenvalue weighted by Gasteiger charge is -2.34. The number of carbonyl (C=O) groups is 3. The Morgan fingerprint density at radius 2 is 2.07 bits per heavy atom. The zero-order chi connectivity index (χ0) is 19.6. The van der Waals surface area contributed by atoms with Gasteiger partial charge in [0.1, 0.15) is 6.04 Å². The van der Waals surface area contributed by atoms with Crippen molar-refractivity contribution in [3.8, 4) is 0 Å². The minimum Gasteiger partial charge on any atom is -0.396 e. The van der Waals surface area contributed by atoms with E-state index in [4.69, 9.17) is 5.11 Å². The molecule has 0 aromatic heterocycles. The molecule has 0 radical (unpaired) electrons. The van der Waals surface area contributed by atoms with Crippen molar-refractivity contribution < 1.29 is 19.5 Å². The molecule has 0 aliphatic carbocycles. The van der Waals surface area contributed by atoms with Gasteiger partial charge in [0, 0.05) is 32.0 Å². The maximum atomic E-state index is 13.3. The maximum Gasteiger partial charge on any atom is 0.244 e. The van der Waals surface area contributed by atoms with Crippen LogP contribution in [-0.2, 0) is 14.4 Å². The molecule has 3 rings (SSSR count). The van der Waals surface area contributed by atoms with Crippen LogP contribution in [0.15, 0.2) is 0 Å². The largest absolute Gasteiger partial charge is 0.396 e. The molecule has 2 unspecified atom stereocenters. The van der Waals surface area contributed by atoms with E-state index in [0.717, 1.165) is 25.7 Å². The number of unbranched alkanes of at least 4 members (excludes halogenated alkanes) is 2. The molecular weight excluding hydrogens is 366 g/mol. The van der Waals surface area contributed by atoms with Gasteiger partial charge in [-0.05, 0) is 32.1 Å². The first-order valence-electron chi connectivity index (χ1n) is 10.1. The number of nitrogens with zero attached hydrogens (tertiary/aromatic N) is 1. The zero-order valence-corrected chi connectivity index (χ0v) is 17.0. The van der Waals surface area contributed by atoms with Gasteiger partial charge in [0.05, 0.1) is 16.6 Å². The minimum absolute atomic E-state index is 0.0631. The van der Waals surface area contributed by atoms with Crippen molar-refractivity contribution in [1.82, 2.24) is 15.5 Å². The summed E-state index contributed by atoms with van der Waals surface area (Å²) in [6.45, 7) is 3.21. The molecule has 3 amide bonds. The van der Waals surface area contributed by atoms with E-state index in [2.05, 4.69) is 17.6 Å². The first kappa shape index (κ1) is 20.5. The molecule has 0 saturated carbocycles. The van der Waals surface area contributed by atoms with Crippen molar-refractivity contribution in [2.75, 3.05) is 26.7 Å². The first-order chi connectivity index (χ1) is 13.0. The van der Waals surface area contributed by atoms with Crippen LogP contribution in [0.4, 0.5) is 0 Å². The fourth-order valence-electron chi connectivity index (χ4n) is 5.04. The van der Waals surface area contributed by atoms with Gasteiger partial charge >= 0.3 is 0 Å². The Morgan fingerprint density at radius 3 is 2.74 bits per heavy atom. The smallest absolute Gasteiger partial charge is 0.244 e. The van der Waals surface area contributed by atoms with Crippen LogP contribution in [0.1, 0.15) is 45.4 Å². The van der Waals surface area contributed by atoms with Crippen LogP contribution < -0.4 is 10.6 Å². The number of hydrogen-bond donors (Lipinski definition) is 3. The fraction of sp³-hybridized carbons (Fsp3) is 0.842. The van der Waals surface area contributed by atoms with Crippen LogP contribution in [0, 0.1) is 11.8 Å². The molecule has 2 bridgehead atoms. The van der Waals surface area contributed by atoms with Gasteiger partial charge in [-0.15, -0.1) is 11.8 Å². The van der Waals surface area contributed by atoms with Crippen molar-refractivity contribution >= 4 is 29.5 Å². The molecule has 0 aromatic rings. The highest BCUT2D eigenvalue weighted by Gasteiger charge is 2.73. The van der Waals surface area contributed by atoms with E-state index in [0.29, 0.717) is 25.9 Å². The Bertz CT molecular complexity index is 602. The topological polar surface area (TPSA) is 98.7 Å². The number of likely N-dealkylation sites (tertiary alicyclic amines) is 1. The standard InChI is InChI=1S/C19H31N3O4S/c1-3-4-9-21-17(25)15-19-8-7-12(27-19)13(16(24)20-2)14(19)18(26)22(15)10-5-6-11-23/h12-15,23H,3-11H2,1-2H3,(H,20,24)(H,21,25)/t12-,13+,14+,15?,19?/m1/s1. The third-order valence-electron chi connectivity index (χ3n) is 6.23. The Hall–Kier alpha value is -1.28. The van der Waals surface area contributed by atoms with Gasteiger partial charge in [-0.1, -0.05) is 13.3 Å². The average molecular weight is 398 g/mol. The van der Waals surface area contributed by atoms with Crippen molar-refractivity contribution in [2.45, 2.75) is 61.5 Å². The second-order valence-electron chi connectivity index (χ2n) is 7.78. The van der Waals surface area contributed by atoms with Crippen molar-refractivity contribution in [1.29, 1.82) is 0 Å². The van der Waals surface area contributed by atoms with Crippen LogP contribution in [0.5, 0.6) is 0 Å². The predicted molar refractivity (Wildman–Crippen MR) is 104 cm³/mol. The molecule has 3 heterocycles. The number of thioether (sulfide) groups is 1. The van der Waals surface area contributed by atoms with Crippen molar-refractivity contribution in [3.63, 3.8) is 0 Å². The molecule has 3 aliphatic heterocycles. The summed E-state index contributed by atoms with van der Waals surface area (Å²) in [4.78, 5) is 40.7. The van der Waals surface area contributed by atoms with Gasteiger partial charge in [0.25, 0.3) is 0 Å². The van der Waals surface area contributed by atoms with E-state index in [1.807, 2.05) is 0 Å². The van der Waals surface area contributed by atoms with E-state index in [1.165, 1.54) is 0 Å². The Morgan fingerprint density at radius 1 is 1.30 bits per heavy atom. The fourth-order valence-corrected chi connectivity index (χ4v) is 7.26. The van der Waals surface area contributed by atoms with E-state index in [1.54, 1.807) is 23.7 Å². The molecule has 5 atom stereocenters. The second-order valence-corrected chi connectivity index (χ2v) is 9.38. The third-order valence-corrected chi connectivity index (χ3v) is 8.19. The van der Waals surface area contributed by atoms with Crippen LogP contribution in [0.3, 0.4) is 0 Å².